The maximum Gasteiger partial charge on any atom is 0.261 e. The van der Waals surface area contributed by atoms with Gasteiger partial charge in [-0.3, -0.25) is 9.52 Å². The number of benzene rings is 2. The zero-order valence-corrected chi connectivity index (χ0v) is 19.0. The van der Waals surface area contributed by atoms with Gasteiger partial charge in [-0.05, 0) is 63.2 Å². The average molecular weight is 464 g/mol. The van der Waals surface area contributed by atoms with Gasteiger partial charge in [-0.15, -0.1) is 0 Å². The number of aryl methyl sites for hydroxylation is 2. The third-order valence-corrected chi connectivity index (χ3v) is 6.11. The van der Waals surface area contributed by atoms with E-state index in [0.717, 1.165) is 11.4 Å². The number of sulfonamides is 1. The number of nitrogens with zero attached hydrogens (tertiary/aromatic N) is 4. The van der Waals surface area contributed by atoms with E-state index in [0.29, 0.717) is 28.7 Å². The first-order valence-electron chi connectivity index (χ1n) is 9.99. The first kappa shape index (κ1) is 22.2. The fourth-order valence-electron chi connectivity index (χ4n) is 3.17. The molecule has 9 nitrogen and oxygen atoms in total. The lowest BCUT2D eigenvalue weighted by molar-refractivity contribution is 0.101. The van der Waals surface area contributed by atoms with Gasteiger partial charge in [0.1, 0.15) is 12.1 Å². The summed E-state index contributed by atoms with van der Waals surface area (Å²) < 4.78 is 35.3. The molecule has 0 saturated carbocycles. The minimum Gasteiger partial charge on any atom is -0.439 e. The minimum absolute atomic E-state index is 0.00759. The predicted octanol–water partition coefficient (Wildman–Crippen LogP) is 4.07. The van der Waals surface area contributed by atoms with E-state index in [9.17, 15) is 13.2 Å². The summed E-state index contributed by atoms with van der Waals surface area (Å²) in [7, 11) is -3.85. The van der Waals surface area contributed by atoms with Crippen molar-refractivity contribution in [2.24, 2.45) is 0 Å². The summed E-state index contributed by atoms with van der Waals surface area (Å²) in [5.74, 6) is 1.15. The molecule has 2 heterocycles. The molecule has 1 N–H and O–H groups in total. The van der Waals surface area contributed by atoms with Crippen LogP contribution in [-0.2, 0) is 10.0 Å². The predicted molar refractivity (Wildman–Crippen MR) is 122 cm³/mol. The zero-order chi connectivity index (χ0) is 23.6. The molecule has 0 fully saturated rings. The Bertz CT molecular complexity index is 1430. The zero-order valence-electron chi connectivity index (χ0n) is 18.2. The lowest BCUT2D eigenvalue weighted by Gasteiger charge is -2.10. The lowest BCUT2D eigenvalue weighted by atomic mass is 10.2. The van der Waals surface area contributed by atoms with Gasteiger partial charge in [0.25, 0.3) is 10.0 Å². The summed E-state index contributed by atoms with van der Waals surface area (Å²) in [5.41, 5.74) is 2.48. The number of nitrogens with one attached hydrogen (secondary N) is 1. The Morgan fingerprint density at radius 1 is 1.00 bits per heavy atom. The number of carbonyl (C=O) groups is 1. The second-order valence-corrected chi connectivity index (χ2v) is 9.05. The van der Waals surface area contributed by atoms with Crippen molar-refractivity contribution in [2.45, 2.75) is 25.7 Å². The number of Topliss-reactive ketones (excluding diaryl/α,β-unsaturated/α-hetero) is 1. The van der Waals surface area contributed by atoms with E-state index in [2.05, 4.69) is 19.8 Å². The van der Waals surface area contributed by atoms with E-state index in [1.165, 1.54) is 31.5 Å². The van der Waals surface area contributed by atoms with Gasteiger partial charge in [0.05, 0.1) is 10.6 Å². The molecule has 0 amide bonds. The van der Waals surface area contributed by atoms with Gasteiger partial charge in [0.2, 0.25) is 5.88 Å². The largest absolute Gasteiger partial charge is 0.439 e. The third-order valence-electron chi connectivity index (χ3n) is 4.73. The SMILES string of the molecule is CC(=O)c1cccc(S(=O)(=O)Nc2ccc(Oc3cc(-n4nc(C)cc4C)ncn3)cc2)c1. The maximum atomic E-state index is 12.7. The van der Waals surface area contributed by atoms with Crippen LogP contribution >= 0.6 is 0 Å². The number of rotatable bonds is 7. The Morgan fingerprint density at radius 2 is 1.76 bits per heavy atom. The van der Waals surface area contributed by atoms with Crippen molar-refractivity contribution in [3.05, 3.63) is 83.9 Å². The molecule has 10 heteroatoms. The van der Waals surface area contributed by atoms with Gasteiger partial charge < -0.3 is 4.74 Å². The molecule has 4 aromatic rings. The number of hydrogen-bond donors (Lipinski definition) is 1. The Morgan fingerprint density at radius 3 is 2.42 bits per heavy atom. The fourth-order valence-corrected chi connectivity index (χ4v) is 4.27. The molecule has 0 atom stereocenters. The highest BCUT2D eigenvalue weighted by Gasteiger charge is 2.16. The number of ketones is 1. The first-order chi connectivity index (χ1) is 15.7. The Balaban J connectivity index is 1.49. The van der Waals surface area contributed by atoms with Crippen molar-refractivity contribution in [2.75, 3.05) is 4.72 Å². The second kappa shape index (κ2) is 8.83. The quantitative estimate of drug-likeness (QED) is 0.411. The molecule has 0 spiro atoms. The summed E-state index contributed by atoms with van der Waals surface area (Å²) in [6, 6.07) is 15.9. The van der Waals surface area contributed by atoms with Crippen LogP contribution in [0.3, 0.4) is 0 Å². The number of ether oxygens (including phenoxy) is 1. The Kier molecular flexibility index (Phi) is 5.93. The van der Waals surface area contributed by atoms with Crippen molar-refractivity contribution in [1.82, 2.24) is 19.7 Å². The Labute approximate surface area is 191 Å². The normalized spacial score (nSPS) is 11.2. The van der Waals surface area contributed by atoms with Crippen LogP contribution in [-0.4, -0.2) is 33.9 Å². The molecule has 168 valence electrons. The number of carbonyl (C=O) groups excluding carboxylic acids is 1. The monoisotopic (exact) mass is 463 g/mol. The van der Waals surface area contributed by atoms with Crippen LogP contribution in [0, 0.1) is 13.8 Å². The topological polar surface area (TPSA) is 116 Å². The molecule has 0 radical (unpaired) electrons. The molecule has 2 aromatic heterocycles. The number of hydrogen-bond acceptors (Lipinski definition) is 7. The number of aromatic nitrogens is 4. The van der Waals surface area contributed by atoms with E-state index >= 15 is 0 Å². The third kappa shape index (κ3) is 5.07. The van der Waals surface area contributed by atoms with Crippen molar-refractivity contribution in [3.8, 4) is 17.4 Å². The summed E-state index contributed by atoms with van der Waals surface area (Å²) in [6.45, 7) is 5.21. The van der Waals surface area contributed by atoms with Crippen LogP contribution in [0.15, 0.2) is 71.9 Å². The summed E-state index contributed by atoms with van der Waals surface area (Å²) in [4.78, 5) is 19.9. The van der Waals surface area contributed by atoms with Gasteiger partial charge in [-0.2, -0.15) is 5.10 Å². The Hall–Kier alpha value is -4.05. The van der Waals surface area contributed by atoms with Crippen LogP contribution < -0.4 is 9.46 Å². The lowest BCUT2D eigenvalue weighted by Crippen LogP contribution is -2.13. The molecule has 0 saturated heterocycles. The molecule has 2 aromatic carbocycles. The average Bonchev–Trinajstić information content (AvgIpc) is 3.13. The summed E-state index contributed by atoms with van der Waals surface area (Å²) in [5, 5.41) is 4.40. The molecular weight excluding hydrogens is 442 g/mol. The second-order valence-electron chi connectivity index (χ2n) is 7.37. The minimum atomic E-state index is -3.85. The van der Waals surface area contributed by atoms with Gasteiger partial charge >= 0.3 is 0 Å². The van der Waals surface area contributed by atoms with Crippen molar-refractivity contribution >= 4 is 21.5 Å². The highest BCUT2D eigenvalue weighted by molar-refractivity contribution is 7.92. The summed E-state index contributed by atoms with van der Waals surface area (Å²) >= 11 is 0. The van der Waals surface area contributed by atoms with Crippen molar-refractivity contribution < 1.29 is 17.9 Å². The van der Waals surface area contributed by atoms with E-state index < -0.39 is 10.0 Å². The molecule has 0 aliphatic heterocycles. The number of anilines is 1. The van der Waals surface area contributed by atoms with Crippen LogP contribution in [0.5, 0.6) is 11.6 Å². The van der Waals surface area contributed by atoms with E-state index in [1.807, 2.05) is 19.9 Å². The molecule has 0 aliphatic rings. The van der Waals surface area contributed by atoms with Crippen LogP contribution in [0.1, 0.15) is 28.7 Å². The molecule has 33 heavy (non-hydrogen) atoms. The van der Waals surface area contributed by atoms with Crippen LogP contribution in [0.2, 0.25) is 0 Å². The highest BCUT2D eigenvalue weighted by atomic mass is 32.2. The van der Waals surface area contributed by atoms with E-state index in [1.54, 1.807) is 41.1 Å². The van der Waals surface area contributed by atoms with Gasteiger partial charge in [0, 0.05) is 23.0 Å². The molecule has 0 bridgehead atoms. The maximum absolute atomic E-state index is 12.7. The molecular formula is C23H21N5O4S. The molecule has 4 rings (SSSR count). The summed E-state index contributed by atoms with van der Waals surface area (Å²) in [6.07, 6.45) is 1.39. The molecule has 0 aliphatic carbocycles. The van der Waals surface area contributed by atoms with Gasteiger partial charge in [-0.25, -0.2) is 23.1 Å². The van der Waals surface area contributed by atoms with E-state index in [4.69, 9.17) is 4.74 Å². The van der Waals surface area contributed by atoms with Crippen LogP contribution in [0.25, 0.3) is 5.82 Å². The van der Waals surface area contributed by atoms with Crippen molar-refractivity contribution in [1.29, 1.82) is 0 Å². The molecule has 0 unspecified atom stereocenters. The van der Waals surface area contributed by atoms with Gasteiger partial charge in [-0.1, -0.05) is 12.1 Å². The standard InChI is InChI=1S/C23H21N5O4S/c1-15-11-16(2)28(26-15)22-13-23(25-14-24-22)32-20-9-7-19(8-10-20)27-33(30,31)21-6-4-5-18(12-21)17(3)29/h4-14,27H,1-3H3. The smallest absolute Gasteiger partial charge is 0.261 e. The van der Waals surface area contributed by atoms with Gasteiger partial charge in [0.15, 0.2) is 11.6 Å². The van der Waals surface area contributed by atoms with Crippen LogP contribution in [0.4, 0.5) is 5.69 Å². The van der Waals surface area contributed by atoms with E-state index in [-0.39, 0.29) is 10.7 Å². The highest BCUT2D eigenvalue weighted by Crippen LogP contribution is 2.24. The fraction of sp³-hybridized carbons (Fsp3) is 0.130. The first-order valence-corrected chi connectivity index (χ1v) is 11.5. The van der Waals surface area contributed by atoms with Crippen molar-refractivity contribution in [3.63, 3.8) is 0 Å².